The van der Waals surface area contributed by atoms with Gasteiger partial charge in [0.2, 0.25) is 0 Å². The van der Waals surface area contributed by atoms with Crippen molar-refractivity contribution < 1.29 is 13.6 Å². The van der Waals surface area contributed by atoms with Gasteiger partial charge in [-0.05, 0) is 29.8 Å². The number of primary amides is 1. The van der Waals surface area contributed by atoms with E-state index in [9.17, 15) is 18.4 Å². The van der Waals surface area contributed by atoms with Gasteiger partial charge in [0.05, 0.1) is 5.52 Å². The highest BCUT2D eigenvalue weighted by molar-refractivity contribution is 5.96. The second kappa shape index (κ2) is 5.64. The van der Waals surface area contributed by atoms with E-state index in [1.165, 1.54) is 30.7 Å². The van der Waals surface area contributed by atoms with Crippen molar-refractivity contribution in [2.24, 2.45) is 5.73 Å². The number of aromatic amines is 1. The molecule has 0 unspecified atom stereocenters. The SMILES string of the molecule is NC(=O)c1[nH]c2cc(F)ccc2c(=O)c1[CH]c1ccccc1F. The maximum absolute atomic E-state index is 13.8. The normalized spacial score (nSPS) is 10.9. The summed E-state index contributed by atoms with van der Waals surface area (Å²) in [6, 6.07) is 9.34. The number of carbonyl (C=O) groups excluding carboxylic acids is 1. The molecule has 3 N–H and O–H groups in total. The molecule has 2 aromatic carbocycles. The fourth-order valence-electron chi connectivity index (χ4n) is 2.36. The molecule has 0 aliphatic carbocycles. The number of benzene rings is 2. The van der Waals surface area contributed by atoms with Crippen LogP contribution in [-0.4, -0.2) is 10.9 Å². The molecular formula is C17H11F2N2O2. The third-order valence-electron chi connectivity index (χ3n) is 3.45. The Labute approximate surface area is 129 Å². The molecule has 3 rings (SSSR count). The molecule has 23 heavy (non-hydrogen) atoms. The molecule has 1 amide bonds. The number of hydrogen-bond acceptors (Lipinski definition) is 2. The lowest BCUT2D eigenvalue weighted by Crippen LogP contribution is -2.22. The molecule has 0 aliphatic heterocycles. The van der Waals surface area contributed by atoms with Crippen LogP contribution < -0.4 is 11.2 Å². The number of halogens is 2. The Morgan fingerprint density at radius 1 is 1.13 bits per heavy atom. The molecule has 0 atom stereocenters. The van der Waals surface area contributed by atoms with E-state index < -0.39 is 23.0 Å². The van der Waals surface area contributed by atoms with Crippen molar-refractivity contribution in [3.63, 3.8) is 0 Å². The lowest BCUT2D eigenvalue weighted by molar-refractivity contribution is 0.0995. The van der Waals surface area contributed by atoms with Gasteiger partial charge in [0.1, 0.15) is 17.3 Å². The van der Waals surface area contributed by atoms with Gasteiger partial charge in [0.25, 0.3) is 5.91 Å². The lowest BCUT2D eigenvalue weighted by Gasteiger charge is -2.09. The molecule has 0 aliphatic rings. The van der Waals surface area contributed by atoms with E-state index in [0.717, 1.165) is 12.1 Å². The minimum atomic E-state index is -0.893. The zero-order valence-electron chi connectivity index (χ0n) is 11.8. The molecule has 0 saturated heterocycles. The van der Waals surface area contributed by atoms with E-state index in [0.29, 0.717) is 0 Å². The third kappa shape index (κ3) is 2.70. The number of H-pyrrole nitrogens is 1. The smallest absolute Gasteiger partial charge is 0.265 e. The van der Waals surface area contributed by atoms with Crippen molar-refractivity contribution in [3.8, 4) is 0 Å². The summed E-state index contributed by atoms with van der Waals surface area (Å²) in [5, 5.41) is 0.180. The molecule has 0 bridgehead atoms. The first kappa shape index (κ1) is 14.9. The summed E-state index contributed by atoms with van der Waals surface area (Å²) in [7, 11) is 0. The quantitative estimate of drug-likeness (QED) is 0.779. The van der Waals surface area contributed by atoms with Crippen LogP contribution in [0.2, 0.25) is 0 Å². The van der Waals surface area contributed by atoms with Crippen molar-refractivity contribution in [2.75, 3.05) is 0 Å². The summed E-state index contributed by atoms with van der Waals surface area (Å²) in [5.41, 5.74) is 4.78. The second-order valence-corrected chi connectivity index (χ2v) is 4.96. The van der Waals surface area contributed by atoms with Crippen LogP contribution in [0.1, 0.15) is 21.6 Å². The molecule has 115 valence electrons. The maximum atomic E-state index is 13.8. The summed E-state index contributed by atoms with van der Waals surface area (Å²) in [6.45, 7) is 0. The summed E-state index contributed by atoms with van der Waals surface area (Å²) in [5.74, 6) is -1.99. The van der Waals surface area contributed by atoms with Crippen LogP contribution in [0, 0.1) is 18.1 Å². The summed E-state index contributed by atoms with van der Waals surface area (Å²) in [4.78, 5) is 26.8. The van der Waals surface area contributed by atoms with Crippen LogP contribution >= 0.6 is 0 Å². The Bertz CT molecular complexity index is 980. The fraction of sp³-hybridized carbons (Fsp3) is 0. The number of amides is 1. The topological polar surface area (TPSA) is 76.0 Å². The van der Waals surface area contributed by atoms with E-state index in [-0.39, 0.29) is 27.7 Å². The van der Waals surface area contributed by atoms with Crippen molar-refractivity contribution in [2.45, 2.75) is 0 Å². The fourth-order valence-corrected chi connectivity index (χ4v) is 2.36. The summed E-state index contributed by atoms with van der Waals surface area (Å²) < 4.78 is 27.1. The zero-order chi connectivity index (χ0) is 16.6. The number of fused-ring (bicyclic) bond motifs is 1. The van der Waals surface area contributed by atoms with E-state index >= 15 is 0 Å². The van der Waals surface area contributed by atoms with Gasteiger partial charge in [-0.2, -0.15) is 0 Å². The van der Waals surface area contributed by atoms with Gasteiger partial charge in [-0.3, -0.25) is 9.59 Å². The molecule has 4 nitrogen and oxygen atoms in total. The highest BCUT2D eigenvalue weighted by atomic mass is 19.1. The van der Waals surface area contributed by atoms with Gasteiger partial charge in [0.15, 0.2) is 5.43 Å². The summed E-state index contributed by atoms with van der Waals surface area (Å²) >= 11 is 0. The van der Waals surface area contributed by atoms with Crippen molar-refractivity contribution in [3.05, 3.63) is 87.6 Å². The van der Waals surface area contributed by atoms with E-state index in [2.05, 4.69) is 4.98 Å². The number of hydrogen-bond donors (Lipinski definition) is 2. The van der Waals surface area contributed by atoms with E-state index in [1.807, 2.05) is 0 Å². The summed E-state index contributed by atoms with van der Waals surface area (Å²) in [6.07, 6.45) is 1.25. The number of nitrogens with two attached hydrogens (primary N) is 1. The molecule has 3 aromatic rings. The van der Waals surface area contributed by atoms with Gasteiger partial charge < -0.3 is 10.7 Å². The predicted molar refractivity (Wildman–Crippen MR) is 81.9 cm³/mol. The Morgan fingerprint density at radius 2 is 1.87 bits per heavy atom. The Morgan fingerprint density at radius 3 is 2.57 bits per heavy atom. The molecule has 1 heterocycles. The Hall–Kier alpha value is -3.02. The van der Waals surface area contributed by atoms with Crippen LogP contribution in [0.4, 0.5) is 8.78 Å². The van der Waals surface area contributed by atoms with Crippen molar-refractivity contribution in [1.82, 2.24) is 4.98 Å². The van der Waals surface area contributed by atoms with Crippen molar-refractivity contribution in [1.29, 1.82) is 0 Å². The Balaban J connectivity index is 2.26. The largest absolute Gasteiger partial charge is 0.364 e. The number of rotatable bonds is 3. The molecule has 6 heteroatoms. The number of nitrogens with one attached hydrogen (secondary N) is 1. The first-order chi connectivity index (χ1) is 11.0. The second-order valence-electron chi connectivity index (χ2n) is 4.96. The first-order valence-corrected chi connectivity index (χ1v) is 6.72. The minimum absolute atomic E-state index is 0.0679. The van der Waals surface area contributed by atoms with Crippen LogP contribution in [0.3, 0.4) is 0 Å². The zero-order valence-corrected chi connectivity index (χ0v) is 11.8. The third-order valence-corrected chi connectivity index (χ3v) is 3.45. The number of carbonyl (C=O) groups is 1. The van der Waals surface area contributed by atoms with Crippen LogP contribution in [0.15, 0.2) is 47.3 Å². The standard InChI is InChI=1S/C17H11F2N2O2/c18-10-5-6-11-14(8-10)21-15(17(20)23)12(16(11)22)7-9-3-1-2-4-13(9)19/h1-8H,(H2,20,23)(H,21,22). The van der Waals surface area contributed by atoms with Gasteiger partial charge in [-0.1, -0.05) is 18.2 Å². The van der Waals surface area contributed by atoms with Gasteiger partial charge >= 0.3 is 0 Å². The van der Waals surface area contributed by atoms with Gasteiger partial charge in [-0.15, -0.1) is 0 Å². The average molecular weight is 313 g/mol. The highest BCUT2D eigenvalue weighted by Gasteiger charge is 2.18. The molecular weight excluding hydrogens is 302 g/mol. The minimum Gasteiger partial charge on any atom is -0.364 e. The predicted octanol–water partition coefficient (Wildman–Crippen LogP) is 2.51. The molecule has 0 saturated carbocycles. The average Bonchev–Trinajstić information content (AvgIpc) is 2.51. The Kier molecular flexibility index (Phi) is 3.65. The molecule has 1 aromatic heterocycles. The first-order valence-electron chi connectivity index (χ1n) is 6.72. The highest BCUT2D eigenvalue weighted by Crippen LogP contribution is 2.18. The van der Waals surface area contributed by atoms with E-state index in [1.54, 1.807) is 6.07 Å². The van der Waals surface area contributed by atoms with Crippen LogP contribution in [-0.2, 0) is 0 Å². The van der Waals surface area contributed by atoms with Crippen LogP contribution in [0.25, 0.3) is 10.9 Å². The number of aromatic nitrogens is 1. The lowest BCUT2D eigenvalue weighted by atomic mass is 10.00. The monoisotopic (exact) mass is 313 g/mol. The van der Waals surface area contributed by atoms with Crippen molar-refractivity contribution >= 4 is 16.8 Å². The maximum Gasteiger partial charge on any atom is 0.265 e. The van der Waals surface area contributed by atoms with Gasteiger partial charge in [-0.25, -0.2) is 8.78 Å². The number of pyridine rings is 1. The molecule has 0 spiro atoms. The van der Waals surface area contributed by atoms with E-state index in [4.69, 9.17) is 5.73 Å². The molecule has 0 fully saturated rings. The van der Waals surface area contributed by atoms with Crippen LogP contribution in [0.5, 0.6) is 0 Å². The molecule has 1 radical (unpaired) electrons. The van der Waals surface area contributed by atoms with Gasteiger partial charge in [0, 0.05) is 17.4 Å².